The van der Waals surface area contributed by atoms with Crippen LogP contribution in [0, 0.1) is 0 Å². The second-order valence-electron chi connectivity index (χ2n) is 5.36. The molecule has 2 N–H and O–H groups in total. The van der Waals surface area contributed by atoms with E-state index >= 15 is 0 Å². The first-order valence-electron chi connectivity index (χ1n) is 6.78. The summed E-state index contributed by atoms with van der Waals surface area (Å²) >= 11 is 0. The smallest absolute Gasteiger partial charge is 0.329 e. The van der Waals surface area contributed by atoms with E-state index in [9.17, 15) is 14.7 Å². The van der Waals surface area contributed by atoms with Crippen molar-refractivity contribution >= 4 is 11.9 Å². The van der Waals surface area contributed by atoms with Crippen molar-refractivity contribution in [2.24, 2.45) is 0 Å². The van der Waals surface area contributed by atoms with Gasteiger partial charge >= 0.3 is 5.97 Å². The second kappa shape index (κ2) is 5.69. The maximum Gasteiger partial charge on any atom is 0.329 e. The molecule has 0 radical (unpaired) electrons. The van der Waals surface area contributed by atoms with Crippen molar-refractivity contribution in [3.05, 3.63) is 0 Å². The number of carboxylic acid groups (broad SMARTS) is 1. The van der Waals surface area contributed by atoms with Gasteiger partial charge in [-0.15, -0.1) is 0 Å². The van der Waals surface area contributed by atoms with Gasteiger partial charge in [-0.2, -0.15) is 0 Å². The number of hydrogen-bond donors (Lipinski definition) is 2. The van der Waals surface area contributed by atoms with Crippen LogP contribution in [0.4, 0.5) is 0 Å². The molecule has 0 aromatic rings. The van der Waals surface area contributed by atoms with E-state index in [4.69, 9.17) is 4.74 Å². The van der Waals surface area contributed by atoms with Crippen molar-refractivity contribution in [3.63, 3.8) is 0 Å². The average molecular weight is 255 g/mol. The predicted molar refractivity (Wildman–Crippen MR) is 65.2 cm³/mol. The minimum absolute atomic E-state index is 0.0142. The fourth-order valence-corrected chi connectivity index (χ4v) is 2.92. The van der Waals surface area contributed by atoms with Crippen LogP contribution >= 0.6 is 0 Å². The first-order valence-corrected chi connectivity index (χ1v) is 6.78. The monoisotopic (exact) mass is 255 g/mol. The van der Waals surface area contributed by atoms with Gasteiger partial charge in [-0.3, -0.25) is 4.79 Å². The fourth-order valence-electron chi connectivity index (χ4n) is 2.92. The molecule has 0 aromatic heterocycles. The summed E-state index contributed by atoms with van der Waals surface area (Å²) in [6.45, 7) is -0.0142. The van der Waals surface area contributed by atoms with Gasteiger partial charge in [-0.05, 0) is 25.7 Å². The van der Waals surface area contributed by atoms with Crippen molar-refractivity contribution in [2.45, 2.75) is 63.0 Å². The molecule has 0 aromatic carbocycles. The highest BCUT2D eigenvalue weighted by atomic mass is 16.5. The number of nitrogens with one attached hydrogen (secondary N) is 1. The van der Waals surface area contributed by atoms with Crippen LogP contribution in [0.5, 0.6) is 0 Å². The van der Waals surface area contributed by atoms with Gasteiger partial charge in [-0.25, -0.2) is 4.79 Å². The molecule has 2 saturated carbocycles. The van der Waals surface area contributed by atoms with Crippen molar-refractivity contribution < 1.29 is 19.4 Å². The normalized spacial score (nSPS) is 23.1. The van der Waals surface area contributed by atoms with Gasteiger partial charge in [0.25, 0.3) is 0 Å². The van der Waals surface area contributed by atoms with Crippen molar-refractivity contribution in [1.82, 2.24) is 5.32 Å². The van der Waals surface area contributed by atoms with Gasteiger partial charge in [-0.1, -0.05) is 25.7 Å². The maximum absolute atomic E-state index is 11.8. The van der Waals surface area contributed by atoms with Crippen LogP contribution in [-0.4, -0.2) is 35.2 Å². The molecular formula is C13H21NO4. The molecule has 1 amide bonds. The summed E-state index contributed by atoms with van der Waals surface area (Å²) in [6.07, 6.45) is 7.28. The number of ether oxygens (including phenoxy) is 1. The van der Waals surface area contributed by atoms with E-state index in [2.05, 4.69) is 5.32 Å². The molecule has 0 aliphatic heterocycles. The second-order valence-corrected chi connectivity index (χ2v) is 5.36. The average Bonchev–Trinajstić information content (AvgIpc) is 2.97. The van der Waals surface area contributed by atoms with Crippen molar-refractivity contribution in [1.29, 1.82) is 0 Å². The van der Waals surface area contributed by atoms with Gasteiger partial charge in [0.1, 0.15) is 12.1 Å². The molecule has 0 heterocycles. The Morgan fingerprint density at radius 3 is 2.33 bits per heavy atom. The molecule has 2 fully saturated rings. The predicted octanol–water partition coefficient (Wildman–Crippen LogP) is 1.46. The molecule has 0 saturated heterocycles. The van der Waals surface area contributed by atoms with Gasteiger partial charge in [0.05, 0.1) is 6.10 Å². The Balaban J connectivity index is 1.80. The van der Waals surface area contributed by atoms with Crippen LogP contribution in [0.1, 0.15) is 51.4 Å². The molecule has 5 heteroatoms. The Morgan fingerprint density at radius 2 is 1.78 bits per heavy atom. The molecule has 0 spiro atoms. The first kappa shape index (κ1) is 13.3. The van der Waals surface area contributed by atoms with Crippen molar-refractivity contribution in [2.75, 3.05) is 6.61 Å². The van der Waals surface area contributed by atoms with Crippen LogP contribution in [0.15, 0.2) is 0 Å². The van der Waals surface area contributed by atoms with Crippen LogP contribution in [-0.2, 0) is 14.3 Å². The Kier molecular flexibility index (Phi) is 4.22. The summed E-state index contributed by atoms with van der Waals surface area (Å²) in [5, 5.41) is 11.9. The molecule has 2 aliphatic carbocycles. The minimum atomic E-state index is -1.05. The zero-order valence-electron chi connectivity index (χ0n) is 10.6. The van der Waals surface area contributed by atoms with E-state index in [1.807, 2.05) is 0 Å². The first-order chi connectivity index (χ1) is 8.62. The third-order valence-electron chi connectivity index (χ3n) is 4.00. The molecule has 2 rings (SSSR count). The lowest BCUT2D eigenvalue weighted by Crippen LogP contribution is -2.53. The van der Waals surface area contributed by atoms with Gasteiger partial charge < -0.3 is 15.2 Å². The molecule has 102 valence electrons. The Morgan fingerprint density at radius 1 is 1.17 bits per heavy atom. The molecule has 0 unspecified atom stereocenters. The minimum Gasteiger partial charge on any atom is -0.480 e. The van der Waals surface area contributed by atoms with E-state index in [-0.39, 0.29) is 18.6 Å². The number of carbonyl (C=O) groups excluding carboxylic acids is 1. The number of carbonyl (C=O) groups is 2. The number of carboxylic acids is 1. The summed E-state index contributed by atoms with van der Waals surface area (Å²) in [4.78, 5) is 23.0. The molecule has 5 nitrogen and oxygen atoms in total. The van der Waals surface area contributed by atoms with E-state index in [1.54, 1.807) is 0 Å². The topological polar surface area (TPSA) is 75.6 Å². The SMILES string of the molecule is O=C(COC1CCCC1)NC1(C(=O)O)CCCC1. The highest BCUT2D eigenvalue weighted by Gasteiger charge is 2.42. The van der Waals surface area contributed by atoms with Crippen molar-refractivity contribution in [3.8, 4) is 0 Å². The third-order valence-corrected chi connectivity index (χ3v) is 4.00. The van der Waals surface area contributed by atoms with E-state index in [1.165, 1.54) is 0 Å². The Hall–Kier alpha value is -1.10. The lowest BCUT2D eigenvalue weighted by Gasteiger charge is -2.25. The van der Waals surface area contributed by atoms with E-state index in [0.717, 1.165) is 38.5 Å². The molecule has 0 atom stereocenters. The molecule has 0 bridgehead atoms. The van der Waals surface area contributed by atoms with Crippen LogP contribution in [0.2, 0.25) is 0 Å². The highest BCUT2D eigenvalue weighted by molar-refractivity contribution is 5.87. The fraction of sp³-hybridized carbons (Fsp3) is 0.846. The number of rotatable bonds is 5. The van der Waals surface area contributed by atoms with Gasteiger partial charge in [0.2, 0.25) is 5.91 Å². The zero-order chi connectivity index (χ0) is 13.0. The summed E-state index contributed by atoms with van der Waals surface area (Å²) in [5.74, 6) is -1.22. The highest BCUT2D eigenvalue weighted by Crippen LogP contribution is 2.30. The Bertz CT molecular complexity index is 317. The summed E-state index contributed by atoms with van der Waals surface area (Å²) in [6, 6.07) is 0. The standard InChI is InChI=1S/C13H21NO4/c15-11(9-18-10-5-1-2-6-10)14-13(12(16)17)7-3-4-8-13/h10H,1-9H2,(H,14,15)(H,16,17). The molecule has 18 heavy (non-hydrogen) atoms. The van der Waals surface area contributed by atoms with Crippen LogP contribution in [0.3, 0.4) is 0 Å². The summed E-state index contributed by atoms with van der Waals surface area (Å²) < 4.78 is 5.49. The quantitative estimate of drug-likeness (QED) is 0.779. The number of amides is 1. The largest absolute Gasteiger partial charge is 0.480 e. The van der Waals surface area contributed by atoms with Crippen LogP contribution in [0.25, 0.3) is 0 Å². The lowest BCUT2D eigenvalue weighted by molar-refractivity contribution is -0.148. The Labute approximate surface area is 107 Å². The van der Waals surface area contributed by atoms with Crippen LogP contribution < -0.4 is 5.32 Å². The van der Waals surface area contributed by atoms with Gasteiger partial charge in [0, 0.05) is 0 Å². The van der Waals surface area contributed by atoms with Gasteiger partial charge in [0.15, 0.2) is 0 Å². The van der Waals surface area contributed by atoms with E-state index in [0.29, 0.717) is 12.8 Å². The lowest BCUT2D eigenvalue weighted by atomic mass is 9.98. The molecule has 2 aliphatic rings. The van der Waals surface area contributed by atoms with E-state index < -0.39 is 11.5 Å². The number of aliphatic carboxylic acids is 1. The number of hydrogen-bond acceptors (Lipinski definition) is 3. The summed E-state index contributed by atoms with van der Waals surface area (Å²) in [7, 11) is 0. The maximum atomic E-state index is 11.8. The third kappa shape index (κ3) is 3.02. The summed E-state index contributed by atoms with van der Waals surface area (Å²) in [5.41, 5.74) is -1.05. The zero-order valence-corrected chi connectivity index (χ0v) is 10.6. The molecular weight excluding hydrogens is 234 g/mol.